The van der Waals surface area contributed by atoms with E-state index in [4.69, 9.17) is 11.6 Å². The third-order valence-corrected chi connectivity index (χ3v) is 4.56. The molecule has 0 aliphatic heterocycles. The smallest absolute Gasteiger partial charge is 0.167 e. The average molecular weight is 388 g/mol. The number of halogens is 3. The van der Waals surface area contributed by atoms with Gasteiger partial charge in [0.2, 0.25) is 0 Å². The highest BCUT2D eigenvalue weighted by Gasteiger charge is 2.10. The number of carbonyl (C=O) groups excluding carboxylic acids is 1. The first-order valence-corrected chi connectivity index (χ1v) is 7.26. The van der Waals surface area contributed by atoms with Crippen molar-refractivity contribution < 1.29 is 4.79 Å². The van der Waals surface area contributed by atoms with E-state index in [-0.39, 0.29) is 5.78 Å². The second-order valence-corrected chi connectivity index (χ2v) is 5.94. The van der Waals surface area contributed by atoms with E-state index in [1.54, 1.807) is 18.2 Å². The van der Waals surface area contributed by atoms with Crippen LogP contribution in [0.3, 0.4) is 0 Å². The molecule has 0 saturated heterocycles. The Bertz CT molecular complexity index is 596. The topological polar surface area (TPSA) is 17.1 Å². The Balaban J connectivity index is 2.22. The van der Waals surface area contributed by atoms with E-state index in [1.165, 1.54) is 0 Å². The van der Waals surface area contributed by atoms with Crippen LogP contribution < -0.4 is 0 Å². The molecule has 1 nitrogen and oxygen atoms in total. The monoisotopic (exact) mass is 386 g/mol. The molecule has 0 spiro atoms. The van der Waals surface area contributed by atoms with Crippen LogP contribution in [0.5, 0.6) is 0 Å². The van der Waals surface area contributed by atoms with Gasteiger partial charge in [-0.05, 0) is 39.7 Å². The third kappa shape index (κ3) is 3.22. The van der Waals surface area contributed by atoms with E-state index >= 15 is 0 Å². The fourth-order valence-electron chi connectivity index (χ4n) is 1.59. The molecule has 0 bridgehead atoms. The molecule has 4 heteroatoms. The second kappa shape index (κ2) is 6.00. The fourth-order valence-corrected chi connectivity index (χ4v) is 2.44. The summed E-state index contributed by atoms with van der Waals surface area (Å²) in [5.41, 5.74) is 1.60. The summed E-state index contributed by atoms with van der Waals surface area (Å²) in [6, 6.07) is 13.0. The predicted octanol–water partition coefficient (Wildman–Crippen LogP) is 5.29. The van der Waals surface area contributed by atoms with E-state index in [0.29, 0.717) is 17.0 Å². The van der Waals surface area contributed by atoms with Gasteiger partial charge in [-0.2, -0.15) is 0 Å². The number of benzene rings is 2. The fraction of sp³-hybridized carbons (Fsp3) is 0.0714. The minimum absolute atomic E-state index is 0.0521. The van der Waals surface area contributed by atoms with Crippen LogP contribution in [-0.2, 0) is 6.42 Å². The molecule has 0 aliphatic rings. The maximum atomic E-state index is 12.1. The first-order valence-electron chi connectivity index (χ1n) is 5.29. The summed E-state index contributed by atoms with van der Waals surface area (Å²) in [5, 5.41) is 0.549. The lowest BCUT2D eigenvalue weighted by Gasteiger charge is -2.05. The lowest BCUT2D eigenvalue weighted by Crippen LogP contribution is -2.04. The number of rotatable bonds is 3. The van der Waals surface area contributed by atoms with Crippen molar-refractivity contribution >= 4 is 49.2 Å². The van der Waals surface area contributed by atoms with Gasteiger partial charge in [0.1, 0.15) is 0 Å². The number of hydrogen-bond acceptors (Lipinski definition) is 1. The molecule has 2 rings (SSSR count). The molecule has 0 fully saturated rings. The summed E-state index contributed by atoms with van der Waals surface area (Å²) in [6.07, 6.45) is 0.361. The molecule has 2 aromatic carbocycles. The summed E-state index contributed by atoms with van der Waals surface area (Å²) in [5.74, 6) is 0.0521. The molecule has 0 N–H and O–H groups in total. The van der Waals surface area contributed by atoms with Crippen LogP contribution in [0.4, 0.5) is 0 Å². The van der Waals surface area contributed by atoms with E-state index < -0.39 is 0 Å². The van der Waals surface area contributed by atoms with Crippen molar-refractivity contribution in [3.63, 3.8) is 0 Å². The van der Waals surface area contributed by atoms with Crippen LogP contribution in [0.2, 0.25) is 5.02 Å². The standard InChI is InChI=1S/C14H9Br2ClO/c15-11-4-2-1-3-9(11)8-14(18)10-5-6-12(16)13(17)7-10/h1-7H,8H2. The SMILES string of the molecule is O=C(Cc1ccccc1Br)c1ccc(Br)c(Cl)c1. The van der Waals surface area contributed by atoms with Gasteiger partial charge < -0.3 is 0 Å². The number of hydrogen-bond donors (Lipinski definition) is 0. The minimum atomic E-state index is 0.0521. The maximum absolute atomic E-state index is 12.1. The molecule has 2 aromatic rings. The van der Waals surface area contributed by atoms with Gasteiger partial charge in [-0.1, -0.05) is 51.8 Å². The highest BCUT2D eigenvalue weighted by atomic mass is 79.9. The van der Waals surface area contributed by atoms with Gasteiger partial charge in [-0.15, -0.1) is 0 Å². The van der Waals surface area contributed by atoms with Crippen molar-refractivity contribution in [2.24, 2.45) is 0 Å². The van der Waals surface area contributed by atoms with Crippen molar-refractivity contribution in [3.05, 3.63) is 67.6 Å². The zero-order valence-corrected chi connectivity index (χ0v) is 13.2. The Kier molecular flexibility index (Phi) is 4.60. The first kappa shape index (κ1) is 13.8. The van der Waals surface area contributed by atoms with Gasteiger partial charge in [0, 0.05) is 20.9 Å². The molecule has 0 atom stereocenters. The third-order valence-electron chi connectivity index (χ3n) is 2.55. The molecular weight excluding hydrogens is 379 g/mol. The average Bonchev–Trinajstić information content (AvgIpc) is 2.35. The predicted molar refractivity (Wildman–Crippen MR) is 81.3 cm³/mol. The van der Waals surface area contributed by atoms with E-state index in [2.05, 4.69) is 31.9 Å². The van der Waals surface area contributed by atoms with Crippen molar-refractivity contribution in [1.29, 1.82) is 0 Å². The second-order valence-electron chi connectivity index (χ2n) is 3.82. The van der Waals surface area contributed by atoms with Gasteiger partial charge in [0.05, 0.1) is 5.02 Å². The van der Waals surface area contributed by atoms with Gasteiger partial charge in [-0.3, -0.25) is 4.79 Å². The van der Waals surface area contributed by atoms with Crippen LogP contribution in [0.25, 0.3) is 0 Å². The molecular formula is C14H9Br2ClO. The van der Waals surface area contributed by atoms with Crippen molar-refractivity contribution in [2.45, 2.75) is 6.42 Å². The van der Waals surface area contributed by atoms with Crippen LogP contribution in [0.15, 0.2) is 51.4 Å². The first-order chi connectivity index (χ1) is 8.58. The highest BCUT2D eigenvalue weighted by molar-refractivity contribution is 9.10. The molecule has 92 valence electrons. The van der Waals surface area contributed by atoms with Crippen LogP contribution >= 0.6 is 43.5 Å². The molecule has 0 unspecified atom stereocenters. The zero-order chi connectivity index (χ0) is 13.1. The van der Waals surface area contributed by atoms with Crippen molar-refractivity contribution in [3.8, 4) is 0 Å². The van der Waals surface area contributed by atoms with Gasteiger partial charge in [-0.25, -0.2) is 0 Å². The van der Waals surface area contributed by atoms with Crippen LogP contribution in [0, 0.1) is 0 Å². The molecule has 0 aromatic heterocycles. The minimum Gasteiger partial charge on any atom is -0.294 e. The molecule has 0 radical (unpaired) electrons. The summed E-state index contributed by atoms with van der Waals surface area (Å²) in [7, 11) is 0. The molecule has 0 aliphatic carbocycles. The summed E-state index contributed by atoms with van der Waals surface area (Å²) < 4.78 is 1.74. The lowest BCUT2D eigenvalue weighted by atomic mass is 10.0. The summed E-state index contributed by atoms with van der Waals surface area (Å²) in [4.78, 5) is 12.1. The van der Waals surface area contributed by atoms with Gasteiger partial charge in [0.25, 0.3) is 0 Å². The van der Waals surface area contributed by atoms with E-state index in [0.717, 1.165) is 14.5 Å². The van der Waals surface area contributed by atoms with Gasteiger partial charge >= 0.3 is 0 Å². The Morgan fingerprint density at radius 1 is 1.06 bits per heavy atom. The van der Waals surface area contributed by atoms with Gasteiger partial charge in [0.15, 0.2) is 5.78 Å². The zero-order valence-electron chi connectivity index (χ0n) is 9.29. The number of carbonyl (C=O) groups is 1. The summed E-state index contributed by atoms with van der Waals surface area (Å²) in [6.45, 7) is 0. The van der Waals surface area contributed by atoms with Crippen molar-refractivity contribution in [2.75, 3.05) is 0 Å². The quantitative estimate of drug-likeness (QED) is 0.653. The molecule has 0 heterocycles. The van der Waals surface area contributed by atoms with Crippen LogP contribution in [-0.4, -0.2) is 5.78 Å². The Hall–Kier alpha value is -0.640. The normalized spacial score (nSPS) is 10.4. The van der Waals surface area contributed by atoms with E-state index in [9.17, 15) is 4.79 Å². The molecule has 0 amide bonds. The Morgan fingerprint density at radius 2 is 1.78 bits per heavy atom. The highest BCUT2D eigenvalue weighted by Crippen LogP contribution is 2.24. The van der Waals surface area contributed by atoms with E-state index in [1.807, 2.05) is 24.3 Å². The number of Topliss-reactive ketones (excluding diaryl/α,β-unsaturated/α-hetero) is 1. The van der Waals surface area contributed by atoms with Crippen LogP contribution in [0.1, 0.15) is 15.9 Å². The van der Waals surface area contributed by atoms with Crippen molar-refractivity contribution in [1.82, 2.24) is 0 Å². The lowest BCUT2D eigenvalue weighted by molar-refractivity contribution is 0.0993. The Morgan fingerprint density at radius 3 is 2.44 bits per heavy atom. The maximum Gasteiger partial charge on any atom is 0.167 e. The number of ketones is 1. The molecule has 18 heavy (non-hydrogen) atoms. The summed E-state index contributed by atoms with van der Waals surface area (Å²) >= 11 is 12.7. The largest absolute Gasteiger partial charge is 0.294 e. The Labute approximate surface area is 127 Å². The molecule has 0 saturated carbocycles.